The fourth-order valence-electron chi connectivity index (χ4n) is 0.991. The molecular formula is C10H11NO3S. The van der Waals surface area contributed by atoms with Gasteiger partial charge >= 0.3 is 5.97 Å². The Bertz CT molecular complexity index is 384. The Morgan fingerprint density at radius 2 is 2.40 bits per heavy atom. The zero-order chi connectivity index (χ0) is 11.3. The third-order valence-electron chi connectivity index (χ3n) is 1.64. The minimum absolute atomic E-state index is 0.200. The molecule has 0 atom stereocenters. The Labute approximate surface area is 91.6 Å². The Balaban J connectivity index is 2.77. The van der Waals surface area contributed by atoms with Gasteiger partial charge in [-0.15, -0.1) is 17.9 Å². The number of nitrogens with one attached hydrogen (secondary N) is 1. The summed E-state index contributed by atoms with van der Waals surface area (Å²) < 4.78 is 4.58. The summed E-state index contributed by atoms with van der Waals surface area (Å²) in [6.07, 6.45) is 1.72. The van der Waals surface area contributed by atoms with Gasteiger partial charge in [-0.1, -0.05) is 6.08 Å². The molecule has 0 saturated carbocycles. The van der Waals surface area contributed by atoms with Gasteiger partial charge in [0.15, 0.2) is 0 Å². The van der Waals surface area contributed by atoms with Gasteiger partial charge in [0.2, 0.25) is 5.91 Å². The number of carbonyl (C=O) groups excluding carboxylic acids is 2. The fraction of sp³-hybridized carbons (Fsp3) is 0.200. The zero-order valence-electron chi connectivity index (χ0n) is 8.28. The molecule has 1 rings (SSSR count). The van der Waals surface area contributed by atoms with E-state index in [2.05, 4.69) is 16.6 Å². The molecule has 1 amide bonds. The van der Waals surface area contributed by atoms with Gasteiger partial charge < -0.3 is 10.1 Å². The average molecular weight is 225 g/mol. The number of carbonyl (C=O) groups is 2. The van der Waals surface area contributed by atoms with E-state index in [-0.39, 0.29) is 12.3 Å². The van der Waals surface area contributed by atoms with Crippen LogP contribution in [0, 0.1) is 0 Å². The second kappa shape index (κ2) is 5.31. The van der Waals surface area contributed by atoms with Crippen LogP contribution in [0.2, 0.25) is 0 Å². The standard InChI is InChI=1S/C10H11NO3S/c1-3-4-8(12)11-7-5-6-15-9(7)10(13)14-2/h3,5-6H,1,4H2,2H3,(H,11,12). The molecule has 0 fully saturated rings. The van der Waals surface area contributed by atoms with Crippen molar-refractivity contribution >= 4 is 28.9 Å². The number of ether oxygens (including phenoxy) is 1. The predicted octanol–water partition coefficient (Wildman–Crippen LogP) is 2.05. The van der Waals surface area contributed by atoms with Crippen molar-refractivity contribution in [3.8, 4) is 0 Å². The smallest absolute Gasteiger partial charge is 0.350 e. The van der Waals surface area contributed by atoms with Crippen molar-refractivity contribution in [1.29, 1.82) is 0 Å². The highest BCUT2D eigenvalue weighted by atomic mass is 32.1. The highest BCUT2D eigenvalue weighted by Crippen LogP contribution is 2.23. The van der Waals surface area contributed by atoms with E-state index in [4.69, 9.17) is 0 Å². The van der Waals surface area contributed by atoms with Crippen molar-refractivity contribution in [2.75, 3.05) is 12.4 Å². The van der Waals surface area contributed by atoms with Crippen LogP contribution in [0.5, 0.6) is 0 Å². The predicted molar refractivity (Wildman–Crippen MR) is 59.1 cm³/mol. The minimum atomic E-state index is -0.445. The molecule has 0 aromatic carbocycles. The highest BCUT2D eigenvalue weighted by Gasteiger charge is 2.14. The molecule has 4 nitrogen and oxygen atoms in total. The van der Waals surface area contributed by atoms with Crippen LogP contribution in [0.25, 0.3) is 0 Å². The number of hydrogen-bond donors (Lipinski definition) is 1. The molecule has 0 bridgehead atoms. The van der Waals surface area contributed by atoms with Crippen molar-refractivity contribution in [3.63, 3.8) is 0 Å². The SMILES string of the molecule is C=CCC(=O)Nc1ccsc1C(=O)OC. The van der Waals surface area contributed by atoms with Crippen molar-refractivity contribution in [2.24, 2.45) is 0 Å². The molecule has 0 unspecified atom stereocenters. The van der Waals surface area contributed by atoms with Gasteiger partial charge in [0.05, 0.1) is 12.8 Å². The molecule has 0 aliphatic heterocycles. The van der Waals surface area contributed by atoms with Gasteiger partial charge in [0.25, 0.3) is 0 Å². The van der Waals surface area contributed by atoms with Crippen LogP contribution in [0.4, 0.5) is 5.69 Å². The lowest BCUT2D eigenvalue weighted by Crippen LogP contribution is -2.12. The largest absolute Gasteiger partial charge is 0.465 e. The summed E-state index contributed by atoms with van der Waals surface area (Å²) in [4.78, 5) is 22.9. The molecule has 0 aliphatic carbocycles. The lowest BCUT2D eigenvalue weighted by atomic mass is 10.3. The van der Waals surface area contributed by atoms with Crippen molar-refractivity contribution < 1.29 is 14.3 Å². The fourth-order valence-corrected chi connectivity index (χ4v) is 1.76. The highest BCUT2D eigenvalue weighted by molar-refractivity contribution is 7.12. The molecule has 0 aliphatic rings. The van der Waals surface area contributed by atoms with Gasteiger partial charge in [0, 0.05) is 6.42 Å². The second-order valence-corrected chi connectivity index (χ2v) is 3.61. The summed E-state index contributed by atoms with van der Waals surface area (Å²) in [6.45, 7) is 3.45. The lowest BCUT2D eigenvalue weighted by molar-refractivity contribution is -0.115. The maximum atomic E-state index is 11.3. The first-order valence-electron chi connectivity index (χ1n) is 4.25. The van der Waals surface area contributed by atoms with E-state index in [1.165, 1.54) is 24.5 Å². The number of thiophene rings is 1. The van der Waals surface area contributed by atoms with Gasteiger partial charge in [-0.05, 0) is 11.4 Å². The maximum Gasteiger partial charge on any atom is 0.350 e. The first-order valence-corrected chi connectivity index (χ1v) is 5.13. The molecule has 15 heavy (non-hydrogen) atoms. The van der Waals surface area contributed by atoms with Crippen LogP contribution in [0.15, 0.2) is 24.1 Å². The molecule has 5 heteroatoms. The van der Waals surface area contributed by atoms with E-state index in [0.29, 0.717) is 10.6 Å². The van der Waals surface area contributed by atoms with Crippen LogP contribution in [-0.2, 0) is 9.53 Å². The third kappa shape index (κ3) is 2.92. The van der Waals surface area contributed by atoms with Crippen molar-refractivity contribution in [1.82, 2.24) is 0 Å². The van der Waals surface area contributed by atoms with E-state index >= 15 is 0 Å². The normalized spacial score (nSPS) is 9.40. The molecule has 1 aromatic rings. The van der Waals surface area contributed by atoms with E-state index in [9.17, 15) is 9.59 Å². The first kappa shape index (κ1) is 11.5. The molecule has 0 spiro atoms. The summed E-state index contributed by atoms with van der Waals surface area (Å²) in [5, 5.41) is 4.32. The number of esters is 1. The van der Waals surface area contributed by atoms with Gasteiger partial charge in [-0.3, -0.25) is 4.79 Å². The summed E-state index contributed by atoms with van der Waals surface area (Å²) in [6, 6.07) is 1.66. The van der Waals surface area contributed by atoms with Crippen LogP contribution in [-0.4, -0.2) is 19.0 Å². The topological polar surface area (TPSA) is 55.4 Å². The Hall–Kier alpha value is -1.62. The van der Waals surface area contributed by atoms with Gasteiger partial charge in [0.1, 0.15) is 4.88 Å². The zero-order valence-corrected chi connectivity index (χ0v) is 9.10. The van der Waals surface area contributed by atoms with E-state index in [1.807, 2.05) is 0 Å². The van der Waals surface area contributed by atoms with E-state index in [0.717, 1.165) is 0 Å². The van der Waals surface area contributed by atoms with Crippen LogP contribution in [0.3, 0.4) is 0 Å². The number of methoxy groups -OCH3 is 1. The Morgan fingerprint density at radius 1 is 1.67 bits per heavy atom. The van der Waals surface area contributed by atoms with Crippen molar-refractivity contribution in [2.45, 2.75) is 6.42 Å². The van der Waals surface area contributed by atoms with E-state index in [1.54, 1.807) is 11.4 Å². The number of hydrogen-bond acceptors (Lipinski definition) is 4. The monoisotopic (exact) mass is 225 g/mol. The lowest BCUT2D eigenvalue weighted by Gasteiger charge is -2.03. The summed E-state index contributed by atoms with van der Waals surface area (Å²) in [7, 11) is 1.30. The quantitative estimate of drug-likeness (QED) is 0.630. The van der Waals surface area contributed by atoms with Gasteiger partial charge in [-0.2, -0.15) is 0 Å². The van der Waals surface area contributed by atoms with Crippen molar-refractivity contribution in [3.05, 3.63) is 29.0 Å². The molecule has 0 saturated heterocycles. The molecule has 1 N–H and O–H groups in total. The Kier molecular flexibility index (Phi) is 4.05. The summed E-state index contributed by atoms with van der Waals surface area (Å²) in [5.74, 6) is -0.646. The summed E-state index contributed by atoms with van der Waals surface area (Å²) in [5.41, 5.74) is 0.485. The number of rotatable bonds is 4. The van der Waals surface area contributed by atoms with Gasteiger partial charge in [-0.25, -0.2) is 4.79 Å². The number of anilines is 1. The molecule has 1 aromatic heterocycles. The summed E-state index contributed by atoms with van der Waals surface area (Å²) >= 11 is 1.23. The van der Waals surface area contributed by atoms with Crippen LogP contribution in [0.1, 0.15) is 16.1 Å². The molecular weight excluding hydrogens is 214 g/mol. The molecule has 1 heterocycles. The van der Waals surface area contributed by atoms with E-state index < -0.39 is 5.97 Å². The molecule has 0 radical (unpaired) electrons. The maximum absolute atomic E-state index is 11.3. The van der Waals surface area contributed by atoms with Crippen LogP contribution < -0.4 is 5.32 Å². The Morgan fingerprint density at radius 3 is 3.00 bits per heavy atom. The molecule has 80 valence electrons. The van der Waals surface area contributed by atoms with Crippen LogP contribution >= 0.6 is 11.3 Å². The third-order valence-corrected chi connectivity index (χ3v) is 2.53. The number of amides is 1. The first-order chi connectivity index (χ1) is 7.19. The average Bonchev–Trinajstić information content (AvgIpc) is 2.65. The minimum Gasteiger partial charge on any atom is -0.465 e. The second-order valence-electron chi connectivity index (χ2n) is 2.70.